The topological polar surface area (TPSA) is 116 Å². The van der Waals surface area contributed by atoms with E-state index in [0.717, 1.165) is 29.9 Å². The summed E-state index contributed by atoms with van der Waals surface area (Å²) in [6.45, 7) is 2.25. The number of carbonyl (C=O) groups is 2. The minimum atomic E-state index is -0.298. The van der Waals surface area contributed by atoms with Gasteiger partial charge in [-0.2, -0.15) is 5.10 Å². The number of rotatable bonds is 5. The number of aromatic nitrogens is 2. The third-order valence-electron chi connectivity index (χ3n) is 8.34. The van der Waals surface area contributed by atoms with Gasteiger partial charge in [-0.3, -0.25) is 14.5 Å². The highest BCUT2D eigenvalue weighted by molar-refractivity contribution is 5.78. The van der Waals surface area contributed by atoms with Gasteiger partial charge < -0.3 is 29.6 Å². The van der Waals surface area contributed by atoms with Crippen molar-refractivity contribution in [2.24, 2.45) is 0 Å². The fourth-order valence-electron chi connectivity index (χ4n) is 5.90. The minimum Gasteiger partial charge on any atom is -0.496 e. The Labute approximate surface area is 268 Å². The molecule has 11 heteroatoms. The van der Waals surface area contributed by atoms with Crippen molar-refractivity contribution in [3.05, 3.63) is 95.8 Å². The highest BCUT2D eigenvalue weighted by Gasteiger charge is 2.32. The van der Waals surface area contributed by atoms with Crippen molar-refractivity contribution in [3.63, 3.8) is 0 Å². The molecule has 0 radical (unpaired) electrons. The van der Waals surface area contributed by atoms with E-state index in [0.29, 0.717) is 55.4 Å². The van der Waals surface area contributed by atoms with Crippen LogP contribution in [0.2, 0.25) is 0 Å². The van der Waals surface area contributed by atoms with E-state index in [1.54, 1.807) is 26.5 Å². The van der Waals surface area contributed by atoms with Gasteiger partial charge in [0.15, 0.2) is 18.1 Å². The molecule has 0 unspecified atom stereocenters. The van der Waals surface area contributed by atoms with Gasteiger partial charge in [0.05, 0.1) is 25.9 Å². The Bertz CT molecular complexity index is 1640. The van der Waals surface area contributed by atoms with E-state index < -0.39 is 0 Å². The third kappa shape index (κ3) is 7.60. The van der Waals surface area contributed by atoms with Gasteiger partial charge >= 0.3 is 0 Å². The summed E-state index contributed by atoms with van der Waals surface area (Å²) in [6.07, 6.45) is 4.90. The highest BCUT2D eigenvalue weighted by Crippen LogP contribution is 2.30. The molecule has 1 fully saturated rings. The Hall–Kier alpha value is -5.03. The van der Waals surface area contributed by atoms with Crippen molar-refractivity contribution in [1.29, 1.82) is 0 Å². The summed E-state index contributed by atoms with van der Waals surface area (Å²) in [5.74, 6) is 1.88. The monoisotopic (exact) mass is 625 g/mol. The fourth-order valence-corrected chi connectivity index (χ4v) is 5.90. The molecule has 3 aliphatic heterocycles. The maximum absolute atomic E-state index is 13.3. The lowest BCUT2D eigenvalue weighted by atomic mass is 10.0. The smallest absolute Gasteiger partial charge is 0.258 e. The third-order valence-corrected chi connectivity index (χ3v) is 8.34. The van der Waals surface area contributed by atoms with Crippen LogP contribution >= 0.6 is 0 Å². The van der Waals surface area contributed by atoms with E-state index in [-0.39, 0.29) is 30.6 Å². The van der Waals surface area contributed by atoms with Crippen LogP contribution in [0.25, 0.3) is 5.69 Å². The predicted molar refractivity (Wildman–Crippen MR) is 171 cm³/mol. The summed E-state index contributed by atoms with van der Waals surface area (Å²) in [7, 11) is 3.16. The summed E-state index contributed by atoms with van der Waals surface area (Å²) < 4.78 is 25.4. The van der Waals surface area contributed by atoms with E-state index in [1.165, 1.54) is 5.56 Å². The maximum Gasteiger partial charge on any atom is 0.258 e. The van der Waals surface area contributed by atoms with E-state index >= 15 is 0 Å². The normalized spacial score (nSPS) is 19.3. The van der Waals surface area contributed by atoms with Gasteiger partial charge in [0.2, 0.25) is 5.91 Å². The van der Waals surface area contributed by atoms with Gasteiger partial charge in [-0.25, -0.2) is 4.68 Å². The molecular weight excluding hydrogens is 586 g/mol. The molecular formula is C35H39N5O6. The number of aryl methyl sites for hydroxylation is 1. The van der Waals surface area contributed by atoms with E-state index in [1.807, 2.05) is 47.3 Å². The summed E-state index contributed by atoms with van der Waals surface area (Å²) in [5, 5.41) is 10.5. The van der Waals surface area contributed by atoms with Gasteiger partial charge in [0, 0.05) is 56.6 Å². The molecule has 1 saturated heterocycles. The molecule has 3 aromatic carbocycles. The molecule has 46 heavy (non-hydrogen) atoms. The molecule has 240 valence electrons. The SMILES string of the molecule is COc1cc2ccc1CNC(=O)CCc1ccc(OC)c(c1)OCC(=O)N[C@@H]1CN(Cc3ccc(-n4cccn4)cc3)CC[C@@H]1O2. The standard InChI is InChI=1S/C35H39N5O6/c1-43-31-12-6-24-7-13-34(41)36-20-26-8-11-28(19-32(26)44-2)46-30-14-17-39(22-29(30)38-35(42)23-45-33(31)18-24)21-25-4-9-27(10-5-25)40-16-3-15-37-40/h3-6,8-12,15-16,18-19,29-30H,7,13-14,17,20-23H2,1-2H3,(H,36,41)(H,38,42)/t29-,30+/m1/s1. The van der Waals surface area contributed by atoms with Gasteiger partial charge in [-0.15, -0.1) is 0 Å². The second kappa shape index (κ2) is 14.4. The Kier molecular flexibility index (Phi) is 9.68. The van der Waals surface area contributed by atoms with E-state index in [2.05, 4.69) is 44.9 Å². The zero-order valence-corrected chi connectivity index (χ0v) is 26.1. The number of hydrogen-bond donors (Lipinski definition) is 2. The lowest BCUT2D eigenvalue weighted by Gasteiger charge is -2.39. The van der Waals surface area contributed by atoms with Crippen LogP contribution in [0, 0.1) is 0 Å². The Morgan fingerprint density at radius 1 is 0.957 bits per heavy atom. The van der Waals surface area contributed by atoms with Crippen LogP contribution in [0.5, 0.6) is 23.0 Å². The van der Waals surface area contributed by atoms with Crippen LogP contribution < -0.4 is 29.6 Å². The molecule has 4 bridgehead atoms. The second-order valence-electron chi connectivity index (χ2n) is 11.5. The summed E-state index contributed by atoms with van der Waals surface area (Å²) in [5.41, 5.74) is 3.92. The molecule has 2 N–H and O–H groups in total. The molecule has 2 atom stereocenters. The van der Waals surface area contributed by atoms with Gasteiger partial charge in [-0.1, -0.05) is 18.2 Å². The molecule has 7 rings (SSSR count). The first-order valence-corrected chi connectivity index (χ1v) is 15.5. The number of ether oxygens (including phenoxy) is 4. The van der Waals surface area contributed by atoms with Crippen LogP contribution in [-0.4, -0.2) is 72.6 Å². The lowest BCUT2D eigenvalue weighted by Crippen LogP contribution is -2.57. The van der Waals surface area contributed by atoms with Crippen LogP contribution in [0.1, 0.15) is 29.5 Å². The molecule has 4 heterocycles. The van der Waals surface area contributed by atoms with Gasteiger partial charge in [-0.05, 0) is 66.4 Å². The fraction of sp³-hybridized carbons (Fsp3) is 0.343. The number of likely N-dealkylation sites (tertiary alicyclic amines) is 1. The Balaban J connectivity index is 1.22. The maximum atomic E-state index is 13.3. The molecule has 0 aliphatic carbocycles. The summed E-state index contributed by atoms with van der Waals surface area (Å²) >= 11 is 0. The average Bonchev–Trinajstić information content (AvgIpc) is 3.62. The van der Waals surface area contributed by atoms with Crippen molar-refractivity contribution < 1.29 is 28.5 Å². The highest BCUT2D eigenvalue weighted by atomic mass is 16.5. The van der Waals surface area contributed by atoms with Crippen molar-refractivity contribution >= 4 is 11.8 Å². The lowest BCUT2D eigenvalue weighted by molar-refractivity contribution is -0.125. The largest absolute Gasteiger partial charge is 0.496 e. The number of nitrogens with one attached hydrogen (secondary N) is 2. The van der Waals surface area contributed by atoms with Crippen molar-refractivity contribution in [2.75, 3.05) is 33.9 Å². The molecule has 0 spiro atoms. The van der Waals surface area contributed by atoms with Crippen molar-refractivity contribution in [1.82, 2.24) is 25.3 Å². The predicted octanol–water partition coefficient (Wildman–Crippen LogP) is 3.67. The second-order valence-corrected chi connectivity index (χ2v) is 11.5. The van der Waals surface area contributed by atoms with Crippen molar-refractivity contribution in [3.8, 4) is 28.7 Å². The molecule has 11 nitrogen and oxygen atoms in total. The zero-order valence-electron chi connectivity index (χ0n) is 26.1. The van der Waals surface area contributed by atoms with Crippen molar-refractivity contribution in [2.45, 2.75) is 44.5 Å². The number of methoxy groups -OCH3 is 2. The molecule has 0 saturated carbocycles. The average molecular weight is 626 g/mol. The minimum absolute atomic E-state index is 0.0820. The van der Waals surface area contributed by atoms with E-state index in [4.69, 9.17) is 18.9 Å². The zero-order chi connectivity index (χ0) is 31.9. The summed E-state index contributed by atoms with van der Waals surface area (Å²) in [6, 6.07) is 21.1. The molecule has 3 aliphatic rings. The quantitative estimate of drug-likeness (QED) is 0.345. The molecule has 4 aromatic rings. The summed E-state index contributed by atoms with van der Waals surface area (Å²) in [4.78, 5) is 28.3. The van der Waals surface area contributed by atoms with Gasteiger partial charge in [0.1, 0.15) is 17.6 Å². The first-order chi connectivity index (χ1) is 22.5. The molecule has 2 amide bonds. The first kappa shape index (κ1) is 31.0. The number of fused-ring (bicyclic) bond motifs is 9. The Morgan fingerprint density at radius 3 is 2.59 bits per heavy atom. The van der Waals surface area contributed by atoms with Crippen LogP contribution in [-0.2, 0) is 29.1 Å². The van der Waals surface area contributed by atoms with Crippen LogP contribution in [0.15, 0.2) is 79.1 Å². The number of amides is 2. The number of benzene rings is 3. The van der Waals surface area contributed by atoms with Crippen LogP contribution in [0.4, 0.5) is 0 Å². The Morgan fingerprint density at radius 2 is 1.80 bits per heavy atom. The first-order valence-electron chi connectivity index (χ1n) is 15.5. The van der Waals surface area contributed by atoms with Gasteiger partial charge in [0.25, 0.3) is 5.91 Å². The number of nitrogens with zero attached hydrogens (tertiary/aromatic N) is 3. The van der Waals surface area contributed by atoms with Crippen LogP contribution in [0.3, 0.4) is 0 Å². The van der Waals surface area contributed by atoms with E-state index in [9.17, 15) is 9.59 Å². The number of hydrogen-bond acceptors (Lipinski definition) is 8. The number of carbonyl (C=O) groups excluding carboxylic acids is 2. The number of piperidine rings is 1. The molecule has 1 aromatic heterocycles.